The summed E-state index contributed by atoms with van der Waals surface area (Å²) in [7, 11) is 0. The molecule has 0 aliphatic heterocycles. The van der Waals surface area contributed by atoms with Crippen LogP contribution < -0.4 is 19.6 Å². The lowest BCUT2D eigenvalue weighted by Gasteiger charge is -2.26. The molecule has 21 aromatic rings. The Morgan fingerprint density at radius 3 is 0.331 bits per heavy atom. The molecule has 0 bridgehead atoms. The zero-order valence-electron chi connectivity index (χ0n) is 69.5. The monoisotopic (exact) mass is 1680 g/mol. The van der Waals surface area contributed by atoms with E-state index in [1.165, 1.54) is 62.6 Å². The lowest BCUT2D eigenvalue weighted by Crippen LogP contribution is -2.09. The molecular formula is C120H84N4S3. The maximum absolute atomic E-state index is 2.37. The largest absolute Gasteiger partial charge is 0.311 e. The van der Waals surface area contributed by atoms with Crippen LogP contribution in [0.25, 0.3) is 129 Å². The molecule has 0 aliphatic carbocycles. The van der Waals surface area contributed by atoms with Gasteiger partial charge in [-0.05, 0) is 282 Å². The van der Waals surface area contributed by atoms with Crippen molar-refractivity contribution in [1.82, 2.24) is 0 Å². The number of para-hydroxylation sites is 3. The highest BCUT2D eigenvalue weighted by molar-refractivity contribution is 7.19. The number of hydrogen-bond donors (Lipinski definition) is 0. The Kier molecular flexibility index (Phi) is 22.2. The third kappa shape index (κ3) is 17.1. The Morgan fingerprint density at radius 1 is 0.0866 bits per heavy atom. The quantitative estimate of drug-likeness (QED) is 0.0598. The fourth-order valence-electron chi connectivity index (χ4n) is 17.0. The van der Waals surface area contributed by atoms with Crippen molar-refractivity contribution in [3.63, 3.8) is 0 Å². The molecule has 0 saturated heterocycles. The number of benzene rings is 18. The molecular weight excluding hydrogens is 1590 g/mol. The van der Waals surface area contributed by atoms with Crippen molar-refractivity contribution in [2.24, 2.45) is 0 Å². The van der Waals surface area contributed by atoms with E-state index in [0.717, 1.165) is 135 Å². The first-order valence-corrected chi connectivity index (χ1v) is 45.4. The topological polar surface area (TPSA) is 13.0 Å². The van der Waals surface area contributed by atoms with E-state index in [1.807, 2.05) is 34.0 Å². The van der Waals surface area contributed by atoms with Crippen LogP contribution in [0.3, 0.4) is 0 Å². The minimum absolute atomic E-state index is 1.06. The molecule has 18 aromatic carbocycles. The van der Waals surface area contributed by atoms with Gasteiger partial charge in [0.05, 0.1) is 0 Å². The summed E-state index contributed by atoms with van der Waals surface area (Å²) in [4.78, 5) is 16.9. The molecule has 0 saturated carbocycles. The van der Waals surface area contributed by atoms with Gasteiger partial charge in [0.15, 0.2) is 0 Å². The van der Waals surface area contributed by atoms with Gasteiger partial charge in [-0.1, -0.05) is 328 Å². The summed E-state index contributed by atoms with van der Waals surface area (Å²) in [5.41, 5.74) is 34.2. The van der Waals surface area contributed by atoms with Gasteiger partial charge in [-0.3, -0.25) is 0 Å². The van der Waals surface area contributed by atoms with E-state index in [1.54, 1.807) is 0 Å². The van der Waals surface area contributed by atoms with Gasteiger partial charge in [-0.15, -0.1) is 34.0 Å². The molecule has 4 nitrogen and oxygen atoms in total. The first-order valence-electron chi connectivity index (χ1n) is 43.0. The maximum Gasteiger partial charge on any atom is 0.0462 e. The Hall–Kier alpha value is -15.7. The Morgan fingerprint density at radius 2 is 0.189 bits per heavy atom. The Labute approximate surface area is 755 Å². The third-order valence-corrected chi connectivity index (χ3v) is 27.2. The fourth-order valence-corrected chi connectivity index (χ4v) is 20.0. The molecule has 0 atom stereocenters. The van der Waals surface area contributed by atoms with Gasteiger partial charge in [0, 0.05) is 97.5 Å². The smallest absolute Gasteiger partial charge is 0.0462 e. The van der Waals surface area contributed by atoms with Gasteiger partial charge in [0.1, 0.15) is 0 Å². The van der Waals surface area contributed by atoms with Gasteiger partial charge < -0.3 is 19.6 Å². The Bertz CT molecular complexity index is 6520. The van der Waals surface area contributed by atoms with Crippen LogP contribution in [0.1, 0.15) is 0 Å². The SMILES string of the molecule is c1ccc(-c2ccc(-c3ccc(N(c4ccccc4)c4ccc(-c5ccc(-c6ccc(N(c7ccc(-c8ccc(-c9ccc(N(c%10ccccc%10)c%10ccc(-c%11ccc(-c%12ccccc%12)s%11)cc%10)cc9)cc8)cc7)c7ccc(-c8ccc(-c9ccc(N(c%10ccccc%10)c%10ccc(-c%11ccc(-c%12ccccc%12)s%11)cc%10)cc9)cc8)cc7)cc6)cc5)cc4)cc3)s2)cc1. The highest BCUT2D eigenvalue weighted by Crippen LogP contribution is 2.46. The van der Waals surface area contributed by atoms with Crippen molar-refractivity contribution in [1.29, 1.82) is 0 Å². The molecule has 7 heteroatoms. The van der Waals surface area contributed by atoms with Crippen molar-refractivity contribution in [2.75, 3.05) is 19.6 Å². The molecule has 0 unspecified atom stereocenters. The summed E-state index contributed by atoms with van der Waals surface area (Å²) >= 11 is 5.48. The lowest BCUT2D eigenvalue weighted by atomic mass is 9.98. The first kappa shape index (κ1) is 78.5. The molecule has 3 aromatic heterocycles. The van der Waals surface area contributed by atoms with Gasteiger partial charge in [0.25, 0.3) is 0 Å². The average Bonchev–Trinajstić information content (AvgIpc) is 1.03. The second-order valence-electron chi connectivity index (χ2n) is 31.6. The van der Waals surface area contributed by atoms with Crippen LogP contribution in [0.4, 0.5) is 68.2 Å². The van der Waals surface area contributed by atoms with Crippen molar-refractivity contribution in [3.8, 4) is 129 Å². The van der Waals surface area contributed by atoms with Crippen LogP contribution >= 0.6 is 34.0 Å². The summed E-state index contributed by atoms with van der Waals surface area (Å²) in [6.07, 6.45) is 0. The van der Waals surface area contributed by atoms with E-state index in [-0.39, 0.29) is 0 Å². The second kappa shape index (κ2) is 36.0. The molecule has 0 fully saturated rings. The van der Waals surface area contributed by atoms with Crippen molar-refractivity contribution >= 4 is 102 Å². The van der Waals surface area contributed by atoms with E-state index < -0.39 is 0 Å². The number of thiophene rings is 3. The van der Waals surface area contributed by atoms with Crippen LogP contribution in [0.2, 0.25) is 0 Å². The minimum atomic E-state index is 1.06. The van der Waals surface area contributed by atoms with Crippen LogP contribution in [0, 0.1) is 0 Å². The number of anilines is 12. The normalized spacial score (nSPS) is 11.1. The molecule has 21 rings (SSSR count). The third-order valence-electron chi connectivity index (χ3n) is 23.7. The zero-order valence-corrected chi connectivity index (χ0v) is 72.0. The summed E-state index contributed by atoms with van der Waals surface area (Å²) < 4.78 is 0. The highest BCUT2D eigenvalue weighted by Gasteiger charge is 2.21. The predicted molar refractivity (Wildman–Crippen MR) is 544 cm³/mol. The summed E-state index contributed by atoms with van der Waals surface area (Å²) in [6.45, 7) is 0. The molecule has 0 radical (unpaired) electrons. The van der Waals surface area contributed by atoms with Crippen molar-refractivity contribution < 1.29 is 0 Å². The van der Waals surface area contributed by atoms with Crippen molar-refractivity contribution in [3.05, 3.63) is 510 Å². The molecule has 0 N–H and O–H groups in total. The average molecular weight is 1680 g/mol. The van der Waals surface area contributed by atoms with E-state index in [9.17, 15) is 0 Å². The number of nitrogens with zero attached hydrogens (tertiary/aromatic N) is 4. The van der Waals surface area contributed by atoms with Crippen LogP contribution in [0.15, 0.2) is 510 Å². The van der Waals surface area contributed by atoms with E-state index in [2.05, 4.69) is 529 Å². The second-order valence-corrected chi connectivity index (χ2v) is 34.8. The summed E-state index contributed by atoms with van der Waals surface area (Å²) in [5.74, 6) is 0. The fraction of sp³-hybridized carbons (Fsp3) is 0. The minimum Gasteiger partial charge on any atom is -0.311 e. The first-order chi connectivity index (χ1) is 62.9. The highest BCUT2D eigenvalue weighted by atomic mass is 32.1. The molecule has 0 amide bonds. The van der Waals surface area contributed by atoms with Gasteiger partial charge >= 0.3 is 0 Å². The van der Waals surface area contributed by atoms with Crippen LogP contribution in [-0.4, -0.2) is 0 Å². The van der Waals surface area contributed by atoms with Gasteiger partial charge in [-0.25, -0.2) is 0 Å². The molecule has 0 spiro atoms. The predicted octanol–water partition coefficient (Wildman–Crippen LogP) is 35.8. The van der Waals surface area contributed by atoms with Crippen molar-refractivity contribution in [2.45, 2.75) is 0 Å². The van der Waals surface area contributed by atoms with E-state index in [4.69, 9.17) is 0 Å². The van der Waals surface area contributed by atoms with Crippen LogP contribution in [0.5, 0.6) is 0 Å². The lowest BCUT2D eigenvalue weighted by molar-refractivity contribution is 1.28. The number of hydrogen-bond acceptors (Lipinski definition) is 7. The molecule has 127 heavy (non-hydrogen) atoms. The van der Waals surface area contributed by atoms with Crippen LogP contribution in [-0.2, 0) is 0 Å². The maximum atomic E-state index is 2.37. The molecule has 3 heterocycles. The molecule has 0 aliphatic rings. The van der Waals surface area contributed by atoms with Gasteiger partial charge in [-0.2, -0.15) is 0 Å². The summed E-state index contributed by atoms with van der Waals surface area (Å²) in [6, 6.07) is 185. The zero-order chi connectivity index (χ0) is 84.6. The number of rotatable bonds is 24. The summed E-state index contributed by atoms with van der Waals surface area (Å²) in [5, 5.41) is 0. The van der Waals surface area contributed by atoms with Gasteiger partial charge in [0.2, 0.25) is 0 Å². The molecule has 602 valence electrons. The Balaban J connectivity index is 0.531. The van der Waals surface area contributed by atoms with E-state index in [0.29, 0.717) is 0 Å². The van der Waals surface area contributed by atoms with E-state index >= 15 is 0 Å². The standard InChI is InChI=1S/C120H84N4S3/c1-7-19-97(20-8-1)115-79-82-118(125-115)100-55-73-112(74-56-100)121(103-25-13-4-14-26-103)106-61-43-91(44-62-106)85-31-37-88(38-32-85)94-49-67-109(68-50-94)124(110-69-51-95(52-70-110)89-39-33-86(34-40-89)92-45-63-107(64-46-92)122(104-27-15-5-16-28-104)113-75-57-101(58-76-113)119-83-80-116(126-119)98-21-9-2-10-22-98)111-71-53-96(54-72-111)90-41-35-87(36-42-90)93-47-65-108(66-48-93)123(105-29-17-6-18-30-105)114-77-59-102(60-78-114)120-84-81-117(127-120)99-23-11-3-12-24-99/h1-84H.